The van der Waals surface area contributed by atoms with Crippen molar-refractivity contribution < 1.29 is 4.79 Å². The number of amides is 1. The number of rotatable bonds is 3. The van der Waals surface area contributed by atoms with Crippen molar-refractivity contribution in [3.05, 3.63) is 39.7 Å². The normalized spacial score (nSPS) is 18.6. The van der Waals surface area contributed by atoms with Crippen molar-refractivity contribution in [2.45, 2.75) is 44.4 Å². The maximum absolute atomic E-state index is 12.7. The van der Waals surface area contributed by atoms with Crippen LogP contribution in [-0.4, -0.2) is 48.7 Å². The van der Waals surface area contributed by atoms with Crippen molar-refractivity contribution in [3.63, 3.8) is 0 Å². The molecule has 2 fully saturated rings. The third-order valence-electron chi connectivity index (χ3n) is 5.39. The number of aromatic nitrogens is 5. The molecule has 1 saturated heterocycles. The van der Waals surface area contributed by atoms with E-state index in [0.717, 1.165) is 53.7 Å². The maximum atomic E-state index is 12.7. The molecule has 0 spiro atoms. The molecule has 26 heavy (non-hydrogen) atoms. The van der Waals surface area contributed by atoms with Gasteiger partial charge in [0.05, 0.1) is 16.9 Å². The largest absolute Gasteiger partial charge is 0.338 e. The zero-order valence-corrected chi connectivity index (χ0v) is 15.4. The van der Waals surface area contributed by atoms with E-state index in [1.165, 1.54) is 24.2 Å². The van der Waals surface area contributed by atoms with Gasteiger partial charge in [-0.2, -0.15) is 9.61 Å². The minimum Gasteiger partial charge on any atom is -0.338 e. The highest BCUT2D eigenvalue weighted by molar-refractivity contribution is 7.11. The number of fused-ring (bicyclic) bond motifs is 1. The van der Waals surface area contributed by atoms with Gasteiger partial charge in [-0.25, -0.2) is 4.98 Å². The lowest BCUT2D eigenvalue weighted by Crippen LogP contribution is -2.38. The fourth-order valence-electron chi connectivity index (χ4n) is 3.66. The molecule has 3 aromatic rings. The highest BCUT2D eigenvalue weighted by atomic mass is 32.1. The summed E-state index contributed by atoms with van der Waals surface area (Å²) in [5, 5.41) is 13.5. The van der Waals surface area contributed by atoms with Crippen LogP contribution in [0.1, 0.15) is 64.4 Å². The summed E-state index contributed by atoms with van der Waals surface area (Å²) in [6, 6.07) is 4.09. The van der Waals surface area contributed by atoms with Gasteiger partial charge >= 0.3 is 0 Å². The van der Waals surface area contributed by atoms with Gasteiger partial charge in [0.25, 0.3) is 5.91 Å². The van der Waals surface area contributed by atoms with Crippen LogP contribution in [0.2, 0.25) is 0 Å². The number of thiazole rings is 1. The Hall–Kier alpha value is -2.35. The quantitative estimate of drug-likeness (QED) is 0.710. The summed E-state index contributed by atoms with van der Waals surface area (Å²) < 4.78 is 1.92. The van der Waals surface area contributed by atoms with Crippen LogP contribution in [0.15, 0.2) is 17.6 Å². The zero-order chi connectivity index (χ0) is 17.7. The minimum atomic E-state index is 0.101. The molecule has 3 aromatic heterocycles. The molecular weight excluding hydrogens is 348 g/mol. The number of piperidine rings is 1. The average Bonchev–Trinajstić information content (AvgIpc) is 3.30. The van der Waals surface area contributed by atoms with E-state index in [4.69, 9.17) is 5.10 Å². The molecule has 0 radical (unpaired) electrons. The molecule has 1 amide bonds. The Bertz CT molecular complexity index is 967. The van der Waals surface area contributed by atoms with Crippen molar-refractivity contribution in [2.75, 3.05) is 13.1 Å². The van der Waals surface area contributed by atoms with Crippen LogP contribution in [0, 0.1) is 6.92 Å². The molecule has 0 atom stereocenters. The molecule has 1 aliphatic carbocycles. The lowest BCUT2D eigenvalue weighted by molar-refractivity contribution is 0.0714. The zero-order valence-electron chi connectivity index (χ0n) is 14.6. The number of nitrogens with zero attached hydrogens (tertiary/aromatic N) is 6. The van der Waals surface area contributed by atoms with Gasteiger partial charge in [-0.1, -0.05) is 0 Å². The number of hydrogen-bond acceptors (Lipinski definition) is 6. The molecule has 1 saturated carbocycles. The molecule has 8 heteroatoms. The topological polar surface area (TPSA) is 76.3 Å². The first-order valence-corrected chi connectivity index (χ1v) is 10.0. The van der Waals surface area contributed by atoms with Crippen LogP contribution in [-0.2, 0) is 0 Å². The maximum Gasteiger partial charge on any atom is 0.265 e. The number of carbonyl (C=O) groups excluding carboxylic acids is 1. The second-order valence-electron chi connectivity index (χ2n) is 7.19. The number of carbonyl (C=O) groups is 1. The van der Waals surface area contributed by atoms with Gasteiger partial charge in [0.2, 0.25) is 0 Å². The van der Waals surface area contributed by atoms with E-state index < -0.39 is 0 Å². The summed E-state index contributed by atoms with van der Waals surface area (Å²) in [6.07, 6.45) is 4.24. The molecular formula is C18H20N6OS. The average molecular weight is 368 g/mol. The van der Waals surface area contributed by atoms with E-state index in [1.807, 2.05) is 22.4 Å². The Balaban J connectivity index is 1.34. The number of aryl methyl sites for hydroxylation is 1. The molecule has 7 nitrogen and oxygen atoms in total. The van der Waals surface area contributed by atoms with E-state index in [-0.39, 0.29) is 5.91 Å². The van der Waals surface area contributed by atoms with Crippen LogP contribution in [0.3, 0.4) is 0 Å². The minimum absolute atomic E-state index is 0.101. The van der Waals surface area contributed by atoms with Crippen molar-refractivity contribution in [2.24, 2.45) is 0 Å². The predicted molar refractivity (Wildman–Crippen MR) is 97.5 cm³/mol. The number of hydrogen-bond donors (Lipinski definition) is 0. The summed E-state index contributed by atoms with van der Waals surface area (Å²) in [7, 11) is 0. The fraction of sp³-hybridized carbons (Fsp3) is 0.500. The molecule has 0 N–H and O–H groups in total. The van der Waals surface area contributed by atoms with Gasteiger partial charge in [0, 0.05) is 24.9 Å². The molecule has 2 aliphatic rings. The monoisotopic (exact) mass is 368 g/mol. The van der Waals surface area contributed by atoms with Crippen LogP contribution in [0.5, 0.6) is 0 Å². The van der Waals surface area contributed by atoms with Gasteiger partial charge in [-0.05, 0) is 44.7 Å². The van der Waals surface area contributed by atoms with Crippen LogP contribution in [0.25, 0.3) is 5.65 Å². The van der Waals surface area contributed by atoms with Gasteiger partial charge < -0.3 is 4.90 Å². The van der Waals surface area contributed by atoms with Gasteiger partial charge in [0.1, 0.15) is 4.88 Å². The van der Waals surface area contributed by atoms with Gasteiger partial charge in [-0.15, -0.1) is 21.5 Å². The van der Waals surface area contributed by atoms with E-state index in [0.29, 0.717) is 11.8 Å². The summed E-state index contributed by atoms with van der Waals surface area (Å²) in [4.78, 5) is 19.5. The SMILES string of the molecule is Cc1ncsc1C(=O)N1CCC(c2nnc3ccc(C4CC4)nn23)CC1. The van der Waals surface area contributed by atoms with Crippen LogP contribution >= 0.6 is 11.3 Å². The molecule has 5 rings (SSSR count). The van der Waals surface area contributed by atoms with E-state index >= 15 is 0 Å². The van der Waals surface area contributed by atoms with Crippen molar-refractivity contribution in [1.29, 1.82) is 0 Å². The highest BCUT2D eigenvalue weighted by Gasteiger charge is 2.30. The first-order chi connectivity index (χ1) is 12.7. The summed E-state index contributed by atoms with van der Waals surface area (Å²) in [6.45, 7) is 3.36. The second-order valence-corrected chi connectivity index (χ2v) is 8.05. The van der Waals surface area contributed by atoms with Crippen molar-refractivity contribution in [1.82, 2.24) is 29.7 Å². The van der Waals surface area contributed by atoms with E-state index in [1.54, 1.807) is 5.51 Å². The molecule has 0 bridgehead atoms. The molecule has 0 unspecified atom stereocenters. The highest BCUT2D eigenvalue weighted by Crippen LogP contribution is 2.39. The molecule has 4 heterocycles. The van der Waals surface area contributed by atoms with E-state index in [2.05, 4.69) is 21.2 Å². The Kier molecular flexibility index (Phi) is 3.74. The molecule has 134 valence electrons. The standard InChI is InChI=1S/C18H20N6OS/c1-11-16(26-10-19-11)18(25)23-8-6-13(7-9-23)17-21-20-15-5-4-14(12-2-3-12)22-24(15)17/h4-5,10,12-13H,2-3,6-9H2,1H3. The van der Waals surface area contributed by atoms with E-state index in [9.17, 15) is 4.79 Å². The molecule has 0 aromatic carbocycles. The third-order valence-corrected chi connectivity index (χ3v) is 6.31. The van der Waals surface area contributed by atoms with Gasteiger partial charge in [0.15, 0.2) is 11.5 Å². The smallest absolute Gasteiger partial charge is 0.265 e. The lowest BCUT2D eigenvalue weighted by atomic mass is 9.96. The second kappa shape index (κ2) is 6.12. The summed E-state index contributed by atoms with van der Waals surface area (Å²) >= 11 is 1.42. The first kappa shape index (κ1) is 15.9. The Morgan fingerprint density at radius 1 is 1.12 bits per heavy atom. The molecule has 1 aliphatic heterocycles. The Morgan fingerprint density at radius 3 is 2.62 bits per heavy atom. The fourth-order valence-corrected chi connectivity index (χ4v) is 4.43. The Labute approximate surface area is 155 Å². The third kappa shape index (κ3) is 2.68. The predicted octanol–water partition coefficient (Wildman–Crippen LogP) is 2.79. The first-order valence-electron chi connectivity index (χ1n) is 9.12. The van der Waals surface area contributed by atoms with Gasteiger partial charge in [-0.3, -0.25) is 4.79 Å². The van der Waals surface area contributed by atoms with Crippen molar-refractivity contribution in [3.8, 4) is 0 Å². The Morgan fingerprint density at radius 2 is 1.92 bits per heavy atom. The summed E-state index contributed by atoms with van der Waals surface area (Å²) in [5.74, 6) is 1.93. The number of likely N-dealkylation sites (tertiary alicyclic amines) is 1. The lowest BCUT2D eigenvalue weighted by Gasteiger charge is -2.30. The van der Waals surface area contributed by atoms with Crippen molar-refractivity contribution >= 4 is 22.9 Å². The summed E-state index contributed by atoms with van der Waals surface area (Å²) in [5.41, 5.74) is 4.51. The van der Waals surface area contributed by atoms with Crippen LogP contribution < -0.4 is 0 Å². The van der Waals surface area contributed by atoms with Crippen LogP contribution in [0.4, 0.5) is 0 Å².